The van der Waals surface area contributed by atoms with Gasteiger partial charge < -0.3 is 9.47 Å². The standard InChI is InChI=1S/C43H42BrF2N3O5S/c1-6-10-34-33-20-24-49(55(51,52)32-17-14-28(2)15-18-32)40(33)27-37(46)41(34)54-31-16-19-36(45)35(26-31)38-21-23-48(47-38)39(29-11-9-12-30(44)25-29)13-7-8-22-43(3,4)42(50)53-5/h6,9,11-12,14-21,23-27,39H,1,7-8,10,13,22H2,2-5H3. The van der Waals surface area contributed by atoms with Gasteiger partial charge in [0.25, 0.3) is 10.0 Å². The number of rotatable bonds is 15. The monoisotopic (exact) mass is 829 g/mol. The molecule has 0 N–H and O–H groups in total. The zero-order chi connectivity index (χ0) is 39.5. The van der Waals surface area contributed by atoms with Crippen LogP contribution in [0.1, 0.15) is 62.3 Å². The molecule has 0 aliphatic heterocycles. The summed E-state index contributed by atoms with van der Waals surface area (Å²) in [6.45, 7) is 9.43. The van der Waals surface area contributed by atoms with E-state index < -0.39 is 27.1 Å². The Balaban J connectivity index is 1.30. The first-order valence-corrected chi connectivity index (χ1v) is 20.1. The molecule has 8 nitrogen and oxygen atoms in total. The first-order valence-electron chi connectivity index (χ1n) is 17.9. The summed E-state index contributed by atoms with van der Waals surface area (Å²) in [6.07, 6.45) is 7.91. The van der Waals surface area contributed by atoms with Crippen molar-refractivity contribution in [1.82, 2.24) is 13.8 Å². The number of nitrogens with zero attached hydrogens (tertiary/aromatic N) is 3. The van der Waals surface area contributed by atoms with Crippen LogP contribution in [-0.4, -0.2) is 35.2 Å². The second-order valence-corrected chi connectivity index (χ2v) is 16.9. The van der Waals surface area contributed by atoms with E-state index in [1.54, 1.807) is 41.2 Å². The number of allylic oxidation sites excluding steroid dienone is 1. The van der Waals surface area contributed by atoms with Crippen LogP contribution in [-0.2, 0) is 26.0 Å². The molecular weight excluding hydrogens is 788 g/mol. The molecule has 1 unspecified atom stereocenters. The van der Waals surface area contributed by atoms with Crippen molar-refractivity contribution in [2.75, 3.05) is 7.11 Å². The van der Waals surface area contributed by atoms with Crippen molar-refractivity contribution in [3.63, 3.8) is 0 Å². The lowest BCUT2D eigenvalue weighted by molar-refractivity contribution is -0.151. The van der Waals surface area contributed by atoms with Gasteiger partial charge in [0.15, 0.2) is 11.6 Å². The molecular formula is C43H42BrF2N3O5S. The number of benzene rings is 4. The fraction of sp³-hybridized carbons (Fsp3) is 0.256. The van der Waals surface area contributed by atoms with Crippen molar-refractivity contribution in [3.05, 3.63) is 143 Å². The molecule has 0 radical (unpaired) electrons. The Kier molecular flexibility index (Phi) is 11.8. The number of fused-ring (bicyclic) bond motifs is 1. The van der Waals surface area contributed by atoms with Gasteiger partial charge in [-0.3, -0.25) is 9.48 Å². The summed E-state index contributed by atoms with van der Waals surface area (Å²) in [5.41, 5.74) is 2.38. The quantitative estimate of drug-likeness (QED) is 0.0581. The Bertz CT molecular complexity index is 2470. The van der Waals surface area contributed by atoms with Crippen LogP contribution in [0.15, 0.2) is 119 Å². The Morgan fingerprint density at radius 1 is 0.982 bits per heavy atom. The normalized spacial score (nSPS) is 12.5. The smallest absolute Gasteiger partial charge is 0.311 e. The molecule has 4 aromatic carbocycles. The number of carbonyl (C=O) groups is 1. The van der Waals surface area contributed by atoms with Gasteiger partial charge in [-0.15, -0.1) is 6.58 Å². The second kappa shape index (κ2) is 16.3. The molecule has 6 rings (SSSR count). The molecule has 6 aromatic rings. The van der Waals surface area contributed by atoms with Crippen molar-refractivity contribution in [2.45, 2.75) is 63.8 Å². The number of hydrogen-bond donors (Lipinski definition) is 0. The van der Waals surface area contributed by atoms with E-state index in [4.69, 9.17) is 14.6 Å². The van der Waals surface area contributed by atoms with Crippen molar-refractivity contribution >= 4 is 42.8 Å². The van der Waals surface area contributed by atoms with Crippen LogP contribution in [0.25, 0.3) is 22.2 Å². The number of unbranched alkanes of at least 4 members (excludes halogenated alkanes) is 1. The third kappa shape index (κ3) is 8.45. The lowest BCUT2D eigenvalue weighted by Gasteiger charge is -2.22. The molecule has 286 valence electrons. The average molecular weight is 831 g/mol. The van der Waals surface area contributed by atoms with Gasteiger partial charge in [-0.25, -0.2) is 21.2 Å². The summed E-state index contributed by atoms with van der Waals surface area (Å²) in [7, 11) is -2.63. The number of methoxy groups -OCH3 is 1. The summed E-state index contributed by atoms with van der Waals surface area (Å²) in [6, 6.07) is 22.8. The topological polar surface area (TPSA) is 92.4 Å². The minimum absolute atomic E-state index is 0.0746. The highest BCUT2D eigenvalue weighted by Gasteiger charge is 2.28. The minimum Gasteiger partial charge on any atom is -0.469 e. The Hall–Kier alpha value is -5.07. The predicted molar refractivity (Wildman–Crippen MR) is 214 cm³/mol. The maximum absolute atomic E-state index is 16.0. The Morgan fingerprint density at radius 3 is 2.45 bits per heavy atom. The van der Waals surface area contributed by atoms with Crippen LogP contribution in [0, 0.1) is 24.0 Å². The van der Waals surface area contributed by atoms with Crippen LogP contribution >= 0.6 is 15.9 Å². The maximum atomic E-state index is 16.0. The van der Waals surface area contributed by atoms with Crippen LogP contribution in [0.3, 0.4) is 0 Å². The average Bonchev–Trinajstić information content (AvgIpc) is 3.82. The molecule has 2 heterocycles. The third-order valence-electron chi connectivity index (χ3n) is 9.76. The number of carbonyl (C=O) groups excluding carboxylic acids is 1. The molecule has 1 atom stereocenters. The lowest BCUT2D eigenvalue weighted by Crippen LogP contribution is -2.25. The van der Waals surface area contributed by atoms with Crippen LogP contribution in [0.4, 0.5) is 8.78 Å². The Morgan fingerprint density at radius 2 is 1.75 bits per heavy atom. The molecule has 0 bridgehead atoms. The molecule has 0 fully saturated rings. The fourth-order valence-corrected chi connectivity index (χ4v) is 8.51. The minimum atomic E-state index is -4.03. The number of hydrogen-bond acceptors (Lipinski definition) is 6. The van der Waals surface area contributed by atoms with E-state index in [0.717, 1.165) is 38.5 Å². The highest BCUT2D eigenvalue weighted by atomic mass is 79.9. The molecule has 0 aliphatic rings. The van der Waals surface area contributed by atoms with E-state index in [9.17, 15) is 13.2 Å². The first kappa shape index (κ1) is 39.6. The number of esters is 1. The second-order valence-electron chi connectivity index (χ2n) is 14.1. The number of halogens is 3. The molecule has 0 saturated heterocycles. The maximum Gasteiger partial charge on any atom is 0.311 e. The molecule has 12 heteroatoms. The van der Waals surface area contributed by atoms with Crippen molar-refractivity contribution in [3.8, 4) is 22.8 Å². The predicted octanol–water partition coefficient (Wildman–Crippen LogP) is 11.0. The largest absolute Gasteiger partial charge is 0.469 e. The molecule has 55 heavy (non-hydrogen) atoms. The van der Waals surface area contributed by atoms with E-state index in [-0.39, 0.29) is 45.9 Å². The van der Waals surface area contributed by atoms with E-state index in [1.165, 1.54) is 43.6 Å². The van der Waals surface area contributed by atoms with Crippen molar-refractivity contribution < 1.29 is 31.5 Å². The third-order valence-corrected chi connectivity index (χ3v) is 12.0. The van der Waals surface area contributed by atoms with Crippen LogP contribution < -0.4 is 4.74 Å². The van der Waals surface area contributed by atoms with E-state index in [2.05, 4.69) is 22.5 Å². The van der Waals surface area contributed by atoms with Gasteiger partial charge in [0.2, 0.25) is 0 Å². The van der Waals surface area contributed by atoms with Gasteiger partial charge in [0, 0.05) is 39.4 Å². The number of ether oxygens (including phenoxy) is 2. The fourth-order valence-electron chi connectivity index (χ4n) is 6.75. The Labute approximate surface area is 328 Å². The molecule has 2 aromatic heterocycles. The lowest BCUT2D eigenvalue weighted by atomic mass is 9.86. The summed E-state index contributed by atoms with van der Waals surface area (Å²) >= 11 is 3.57. The van der Waals surface area contributed by atoms with Gasteiger partial charge in [-0.2, -0.15) is 5.10 Å². The molecule has 0 amide bonds. The van der Waals surface area contributed by atoms with Crippen molar-refractivity contribution in [1.29, 1.82) is 0 Å². The summed E-state index contributed by atoms with van der Waals surface area (Å²) < 4.78 is 73.6. The van der Waals surface area contributed by atoms with Gasteiger partial charge >= 0.3 is 5.97 Å². The summed E-state index contributed by atoms with van der Waals surface area (Å²) in [5.74, 6) is -1.53. The van der Waals surface area contributed by atoms with Crippen molar-refractivity contribution in [2.24, 2.45) is 5.41 Å². The van der Waals surface area contributed by atoms with E-state index in [0.29, 0.717) is 29.5 Å². The highest BCUT2D eigenvalue weighted by Crippen LogP contribution is 2.39. The first-order chi connectivity index (χ1) is 26.2. The molecule has 0 aliphatic carbocycles. The number of aryl methyl sites for hydroxylation is 1. The highest BCUT2D eigenvalue weighted by molar-refractivity contribution is 9.10. The SMILES string of the molecule is C=CCc1c(Oc2ccc(F)c(-c3ccn(C(CCCCC(C)(C)C(=O)OC)c4cccc(Br)c4)n3)c2)c(F)cc2c1ccn2S(=O)(=O)c1ccc(C)cc1. The van der Waals surface area contributed by atoms with E-state index >= 15 is 8.78 Å². The van der Waals surface area contributed by atoms with E-state index in [1.807, 2.05) is 45.0 Å². The zero-order valence-corrected chi connectivity index (χ0v) is 33.5. The molecule has 0 spiro atoms. The van der Waals surface area contributed by atoms with Crippen LogP contribution in [0.5, 0.6) is 11.5 Å². The van der Waals surface area contributed by atoms with Gasteiger partial charge in [0.1, 0.15) is 11.6 Å². The van der Waals surface area contributed by atoms with Gasteiger partial charge in [0.05, 0.1) is 34.7 Å². The number of aromatic nitrogens is 3. The van der Waals surface area contributed by atoms with Crippen LogP contribution in [0.2, 0.25) is 0 Å². The summed E-state index contributed by atoms with van der Waals surface area (Å²) in [5, 5.41) is 5.28. The summed E-state index contributed by atoms with van der Waals surface area (Å²) in [4.78, 5) is 12.3. The van der Waals surface area contributed by atoms with Gasteiger partial charge in [-0.05, 0) is 100 Å². The van der Waals surface area contributed by atoms with Gasteiger partial charge in [-0.1, -0.05) is 64.7 Å². The molecule has 0 saturated carbocycles. The zero-order valence-electron chi connectivity index (χ0n) is 31.1.